The maximum atomic E-state index is 11.7. The van der Waals surface area contributed by atoms with Crippen molar-refractivity contribution < 1.29 is 9.52 Å². The van der Waals surface area contributed by atoms with Gasteiger partial charge in [-0.3, -0.25) is 19.3 Å². The molecule has 0 aliphatic rings. The van der Waals surface area contributed by atoms with Crippen LogP contribution in [0.5, 0.6) is 5.88 Å². The minimum absolute atomic E-state index is 0.0292. The van der Waals surface area contributed by atoms with E-state index < -0.39 is 17.1 Å². The Bertz CT molecular complexity index is 695. The summed E-state index contributed by atoms with van der Waals surface area (Å²) >= 11 is 0. The third-order valence-corrected chi connectivity index (χ3v) is 2.50. The predicted octanol–water partition coefficient (Wildman–Crippen LogP) is 0.322. The van der Waals surface area contributed by atoms with E-state index in [0.29, 0.717) is 12.3 Å². The molecule has 0 spiro atoms. The number of aromatic nitrogens is 2. The molecule has 0 aliphatic carbocycles. The van der Waals surface area contributed by atoms with E-state index in [9.17, 15) is 14.7 Å². The van der Waals surface area contributed by atoms with Gasteiger partial charge in [-0.1, -0.05) is 0 Å². The molecule has 7 nitrogen and oxygen atoms in total. The summed E-state index contributed by atoms with van der Waals surface area (Å²) in [4.78, 5) is 29.3. The normalized spacial score (nSPS) is 11.2. The summed E-state index contributed by atoms with van der Waals surface area (Å²) in [6, 6.07) is 3.33. The van der Waals surface area contributed by atoms with Gasteiger partial charge >= 0.3 is 5.69 Å². The Morgan fingerprint density at radius 1 is 1.53 bits per heavy atom. The molecular formula is C12H13N3O4. The molecule has 0 unspecified atom stereocenters. The van der Waals surface area contributed by atoms with Crippen LogP contribution in [0.4, 0.5) is 0 Å². The van der Waals surface area contributed by atoms with Crippen LogP contribution in [0.1, 0.15) is 18.2 Å². The van der Waals surface area contributed by atoms with Gasteiger partial charge in [-0.25, -0.2) is 4.79 Å². The first-order valence-electron chi connectivity index (χ1n) is 5.71. The Kier molecular flexibility index (Phi) is 3.65. The van der Waals surface area contributed by atoms with Crippen LogP contribution < -0.4 is 11.2 Å². The standard InChI is InChI=1S/C12H13N3O4/c1-2-13-6-9-10(16)14-12(18)15(11(9)17)7-8-4-3-5-19-8/h3-6,17H,2,7H2,1H3,(H,14,16,18). The minimum atomic E-state index is -0.701. The first kappa shape index (κ1) is 12.9. The maximum Gasteiger partial charge on any atom is 0.331 e. The first-order valence-corrected chi connectivity index (χ1v) is 5.71. The molecule has 2 heterocycles. The molecule has 0 aromatic carbocycles. The molecule has 2 aromatic heterocycles. The molecule has 0 amide bonds. The lowest BCUT2D eigenvalue weighted by Crippen LogP contribution is -2.32. The van der Waals surface area contributed by atoms with Gasteiger partial charge in [0, 0.05) is 12.8 Å². The zero-order valence-corrected chi connectivity index (χ0v) is 10.3. The zero-order chi connectivity index (χ0) is 13.8. The predicted molar refractivity (Wildman–Crippen MR) is 68.9 cm³/mol. The van der Waals surface area contributed by atoms with E-state index in [1.165, 1.54) is 12.5 Å². The van der Waals surface area contributed by atoms with E-state index in [1.807, 2.05) is 0 Å². The average Bonchev–Trinajstić information content (AvgIpc) is 2.87. The molecule has 0 saturated carbocycles. The number of aromatic amines is 1. The largest absolute Gasteiger partial charge is 0.494 e. The zero-order valence-electron chi connectivity index (χ0n) is 10.3. The fourth-order valence-electron chi connectivity index (χ4n) is 1.58. The van der Waals surface area contributed by atoms with Gasteiger partial charge in [-0.2, -0.15) is 0 Å². The Morgan fingerprint density at radius 3 is 2.95 bits per heavy atom. The number of rotatable bonds is 4. The highest BCUT2D eigenvalue weighted by molar-refractivity contribution is 5.81. The number of hydrogen-bond donors (Lipinski definition) is 2. The van der Waals surface area contributed by atoms with Crippen molar-refractivity contribution in [3.8, 4) is 5.88 Å². The number of nitrogens with one attached hydrogen (secondary N) is 1. The molecule has 0 atom stereocenters. The second kappa shape index (κ2) is 5.38. The number of furan rings is 1. The van der Waals surface area contributed by atoms with Crippen LogP contribution in [0, 0.1) is 0 Å². The molecule has 0 fully saturated rings. The quantitative estimate of drug-likeness (QED) is 0.776. The lowest BCUT2D eigenvalue weighted by molar-refractivity contribution is 0.392. The highest BCUT2D eigenvalue weighted by Crippen LogP contribution is 2.11. The second-order valence-electron chi connectivity index (χ2n) is 3.79. The van der Waals surface area contributed by atoms with Crippen LogP contribution in [0.2, 0.25) is 0 Å². The van der Waals surface area contributed by atoms with Crippen LogP contribution in [-0.2, 0) is 6.54 Å². The van der Waals surface area contributed by atoms with Gasteiger partial charge in [-0.05, 0) is 19.1 Å². The van der Waals surface area contributed by atoms with E-state index in [2.05, 4.69) is 9.98 Å². The van der Waals surface area contributed by atoms with Crippen molar-refractivity contribution >= 4 is 6.21 Å². The number of hydrogen-bond acceptors (Lipinski definition) is 5. The summed E-state index contributed by atoms with van der Waals surface area (Å²) in [5, 5.41) is 9.99. The van der Waals surface area contributed by atoms with Crippen molar-refractivity contribution in [3.05, 3.63) is 50.6 Å². The van der Waals surface area contributed by atoms with Gasteiger partial charge in [-0.15, -0.1) is 0 Å². The Hall–Kier alpha value is -2.57. The number of H-pyrrole nitrogens is 1. The van der Waals surface area contributed by atoms with Crippen LogP contribution in [0.3, 0.4) is 0 Å². The molecular weight excluding hydrogens is 250 g/mol. The molecule has 2 N–H and O–H groups in total. The van der Waals surface area contributed by atoms with Crippen molar-refractivity contribution in [1.29, 1.82) is 0 Å². The number of aliphatic imine (C=N–C) groups is 1. The van der Waals surface area contributed by atoms with Gasteiger partial charge in [0.2, 0.25) is 5.88 Å². The summed E-state index contributed by atoms with van der Waals surface area (Å²) in [6.07, 6.45) is 2.70. The molecule has 0 radical (unpaired) electrons. The molecule has 0 bridgehead atoms. The van der Waals surface area contributed by atoms with Crippen LogP contribution in [-0.4, -0.2) is 27.4 Å². The molecule has 19 heavy (non-hydrogen) atoms. The fourth-order valence-corrected chi connectivity index (χ4v) is 1.58. The van der Waals surface area contributed by atoms with E-state index in [-0.39, 0.29) is 12.1 Å². The van der Waals surface area contributed by atoms with Crippen molar-refractivity contribution in [1.82, 2.24) is 9.55 Å². The number of nitrogens with zero attached hydrogens (tertiary/aromatic N) is 2. The van der Waals surface area contributed by atoms with E-state index in [0.717, 1.165) is 4.57 Å². The maximum absolute atomic E-state index is 11.7. The van der Waals surface area contributed by atoms with Crippen molar-refractivity contribution in [2.75, 3.05) is 6.54 Å². The molecule has 0 aliphatic heterocycles. The van der Waals surface area contributed by atoms with Crippen LogP contribution in [0.15, 0.2) is 37.4 Å². The second-order valence-corrected chi connectivity index (χ2v) is 3.79. The van der Waals surface area contributed by atoms with Crippen molar-refractivity contribution in [2.45, 2.75) is 13.5 Å². The molecule has 100 valence electrons. The Morgan fingerprint density at radius 2 is 2.32 bits per heavy atom. The fraction of sp³-hybridized carbons (Fsp3) is 0.250. The minimum Gasteiger partial charge on any atom is -0.494 e. The molecule has 2 rings (SSSR count). The third-order valence-electron chi connectivity index (χ3n) is 2.50. The summed E-state index contributed by atoms with van der Waals surface area (Å²) in [7, 11) is 0. The SMILES string of the molecule is CCN=Cc1c(O)n(Cc2ccco2)c(=O)[nH]c1=O. The molecule has 0 saturated heterocycles. The third kappa shape index (κ3) is 2.65. The Labute approximate surface area is 107 Å². The van der Waals surface area contributed by atoms with Crippen molar-refractivity contribution in [3.63, 3.8) is 0 Å². The summed E-state index contributed by atoms with van der Waals surface area (Å²) in [6.45, 7) is 2.29. The monoisotopic (exact) mass is 263 g/mol. The topological polar surface area (TPSA) is 101 Å². The van der Waals surface area contributed by atoms with E-state index in [4.69, 9.17) is 4.42 Å². The lowest BCUT2D eigenvalue weighted by Gasteiger charge is -2.07. The highest BCUT2D eigenvalue weighted by atomic mass is 16.3. The summed E-state index contributed by atoms with van der Waals surface area (Å²) < 4.78 is 6.11. The van der Waals surface area contributed by atoms with E-state index in [1.54, 1.807) is 19.1 Å². The Balaban J connectivity index is 2.52. The van der Waals surface area contributed by atoms with Gasteiger partial charge in [0.05, 0.1) is 12.8 Å². The first-order chi connectivity index (χ1) is 9.13. The van der Waals surface area contributed by atoms with Gasteiger partial charge < -0.3 is 9.52 Å². The van der Waals surface area contributed by atoms with Crippen molar-refractivity contribution in [2.24, 2.45) is 4.99 Å². The molecule has 7 heteroatoms. The van der Waals surface area contributed by atoms with Gasteiger partial charge in [0.1, 0.15) is 11.3 Å². The van der Waals surface area contributed by atoms with Crippen LogP contribution >= 0.6 is 0 Å². The van der Waals surface area contributed by atoms with Gasteiger partial charge in [0.25, 0.3) is 5.56 Å². The molecule has 2 aromatic rings. The summed E-state index contributed by atoms with van der Waals surface area (Å²) in [5.74, 6) is 0.0604. The van der Waals surface area contributed by atoms with Crippen LogP contribution in [0.25, 0.3) is 0 Å². The summed E-state index contributed by atoms with van der Waals surface area (Å²) in [5.41, 5.74) is -1.42. The average molecular weight is 263 g/mol. The lowest BCUT2D eigenvalue weighted by atomic mass is 10.3. The number of aromatic hydroxyl groups is 1. The van der Waals surface area contributed by atoms with E-state index >= 15 is 0 Å². The smallest absolute Gasteiger partial charge is 0.331 e. The highest BCUT2D eigenvalue weighted by Gasteiger charge is 2.13. The van der Waals surface area contributed by atoms with Gasteiger partial charge in [0.15, 0.2) is 0 Å².